The average Bonchev–Trinajstić information content (AvgIpc) is 3.35. The highest BCUT2D eigenvalue weighted by molar-refractivity contribution is 7.14. The van der Waals surface area contributed by atoms with E-state index in [0.717, 1.165) is 33.4 Å². The second kappa shape index (κ2) is 8.69. The van der Waals surface area contributed by atoms with Crippen LogP contribution in [0.2, 0.25) is 0 Å². The molecule has 4 aromatic rings. The number of methoxy groups -OCH3 is 3. The quantitative estimate of drug-likeness (QED) is 0.434. The van der Waals surface area contributed by atoms with Crippen LogP contribution in [0.5, 0.6) is 17.2 Å². The SMILES string of the molecule is COc1cc(CC(=O)Nc2nc(-c3c(C)[nH]c4ccccc34)cs2)cc(OC)c1OC. The first kappa shape index (κ1) is 20.7. The van der Waals surface area contributed by atoms with Crippen molar-refractivity contribution in [1.82, 2.24) is 9.97 Å². The number of carbonyl (C=O) groups excluding carboxylic acids is 1. The van der Waals surface area contributed by atoms with Gasteiger partial charge >= 0.3 is 0 Å². The standard InChI is InChI=1S/C23H23N3O4S/c1-13-21(15-7-5-6-8-16(15)24-13)17-12-31-23(25-17)26-20(27)11-14-9-18(28-2)22(30-4)19(10-14)29-3/h5-10,12,24H,11H2,1-4H3,(H,25,26,27). The molecule has 0 fully saturated rings. The molecule has 0 saturated heterocycles. The molecule has 2 heterocycles. The van der Waals surface area contributed by atoms with Crippen molar-refractivity contribution in [3.05, 3.63) is 53.0 Å². The third kappa shape index (κ3) is 4.06. The van der Waals surface area contributed by atoms with E-state index in [-0.39, 0.29) is 12.3 Å². The van der Waals surface area contributed by atoms with Crippen LogP contribution in [0.3, 0.4) is 0 Å². The smallest absolute Gasteiger partial charge is 0.230 e. The summed E-state index contributed by atoms with van der Waals surface area (Å²) in [7, 11) is 4.64. The average molecular weight is 438 g/mol. The maximum Gasteiger partial charge on any atom is 0.230 e. The summed E-state index contributed by atoms with van der Waals surface area (Å²) < 4.78 is 16.1. The third-order valence-corrected chi connectivity index (χ3v) is 5.75. The van der Waals surface area contributed by atoms with Gasteiger partial charge in [0.1, 0.15) is 0 Å². The van der Waals surface area contributed by atoms with Crippen LogP contribution in [0.1, 0.15) is 11.3 Å². The van der Waals surface area contributed by atoms with Gasteiger partial charge < -0.3 is 24.5 Å². The van der Waals surface area contributed by atoms with Gasteiger partial charge in [0.2, 0.25) is 11.7 Å². The van der Waals surface area contributed by atoms with Crippen LogP contribution < -0.4 is 19.5 Å². The van der Waals surface area contributed by atoms with E-state index < -0.39 is 0 Å². The van der Waals surface area contributed by atoms with Crippen LogP contribution in [0.4, 0.5) is 5.13 Å². The minimum absolute atomic E-state index is 0.151. The van der Waals surface area contributed by atoms with E-state index in [1.165, 1.54) is 11.3 Å². The topological polar surface area (TPSA) is 85.5 Å². The van der Waals surface area contributed by atoms with Gasteiger partial charge in [0.05, 0.1) is 33.4 Å². The molecule has 0 bridgehead atoms. The van der Waals surface area contributed by atoms with Gasteiger partial charge in [0.25, 0.3) is 0 Å². The Hall–Kier alpha value is -3.52. The second-order valence-electron chi connectivity index (χ2n) is 6.97. The second-order valence-corrected chi connectivity index (χ2v) is 7.83. The van der Waals surface area contributed by atoms with Gasteiger partial charge in [-0.05, 0) is 30.7 Å². The van der Waals surface area contributed by atoms with Crippen molar-refractivity contribution in [2.75, 3.05) is 26.6 Å². The van der Waals surface area contributed by atoms with Crippen LogP contribution in [-0.2, 0) is 11.2 Å². The molecular weight excluding hydrogens is 414 g/mol. The number of ether oxygens (including phenoxy) is 3. The number of benzene rings is 2. The number of para-hydroxylation sites is 1. The van der Waals surface area contributed by atoms with E-state index in [0.29, 0.717) is 22.4 Å². The number of H-pyrrole nitrogens is 1. The van der Waals surface area contributed by atoms with Gasteiger partial charge in [-0.3, -0.25) is 4.79 Å². The highest BCUT2D eigenvalue weighted by atomic mass is 32.1. The van der Waals surface area contributed by atoms with E-state index in [4.69, 9.17) is 14.2 Å². The van der Waals surface area contributed by atoms with Gasteiger partial charge in [0, 0.05) is 27.5 Å². The fraction of sp³-hybridized carbons (Fsp3) is 0.217. The molecule has 7 nitrogen and oxygen atoms in total. The summed E-state index contributed by atoms with van der Waals surface area (Å²) in [5.74, 6) is 1.34. The Kier molecular flexibility index (Phi) is 5.81. The Balaban J connectivity index is 1.53. The number of anilines is 1. The van der Waals surface area contributed by atoms with Crippen molar-refractivity contribution in [2.45, 2.75) is 13.3 Å². The van der Waals surface area contributed by atoms with Crippen LogP contribution in [-0.4, -0.2) is 37.2 Å². The number of aromatic amines is 1. The van der Waals surface area contributed by atoms with E-state index >= 15 is 0 Å². The summed E-state index contributed by atoms with van der Waals surface area (Å²) in [4.78, 5) is 20.7. The monoisotopic (exact) mass is 437 g/mol. The molecule has 0 radical (unpaired) electrons. The zero-order valence-corrected chi connectivity index (χ0v) is 18.6. The molecule has 2 aromatic heterocycles. The lowest BCUT2D eigenvalue weighted by Crippen LogP contribution is -2.14. The van der Waals surface area contributed by atoms with Gasteiger partial charge in [-0.15, -0.1) is 11.3 Å². The van der Waals surface area contributed by atoms with Crippen LogP contribution in [0.25, 0.3) is 22.2 Å². The van der Waals surface area contributed by atoms with E-state index in [2.05, 4.69) is 21.4 Å². The molecule has 0 saturated carbocycles. The molecule has 2 aromatic carbocycles. The maximum absolute atomic E-state index is 12.6. The molecule has 0 spiro atoms. The lowest BCUT2D eigenvalue weighted by molar-refractivity contribution is -0.115. The van der Waals surface area contributed by atoms with Crippen LogP contribution in [0.15, 0.2) is 41.8 Å². The molecular formula is C23H23N3O4S. The molecule has 0 atom stereocenters. The van der Waals surface area contributed by atoms with Crippen LogP contribution in [0, 0.1) is 6.92 Å². The number of hydrogen-bond donors (Lipinski definition) is 2. The Bertz CT molecular complexity index is 1220. The van der Waals surface area contributed by atoms with Crippen molar-refractivity contribution in [1.29, 1.82) is 0 Å². The van der Waals surface area contributed by atoms with Crippen molar-refractivity contribution in [3.63, 3.8) is 0 Å². The van der Waals surface area contributed by atoms with Crippen molar-refractivity contribution in [3.8, 4) is 28.5 Å². The Morgan fingerprint density at radius 2 is 1.81 bits per heavy atom. The van der Waals surface area contributed by atoms with E-state index in [9.17, 15) is 4.79 Å². The summed E-state index contributed by atoms with van der Waals surface area (Å²) >= 11 is 1.40. The van der Waals surface area contributed by atoms with Gasteiger partial charge in [-0.2, -0.15) is 0 Å². The number of nitrogens with zero attached hydrogens (tertiary/aromatic N) is 1. The first-order valence-electron chi connectivity index (χ1n) is 9.66. The highest BCUT2D eigenvalue weighted by Gasteiger charge is 2.17. The van der Waals surface area contributed by atoms with Crippen molar-refractivity contribution < 1.29 is 19.0 Å². The van der Waals surface area contributed by atoms with E-state index in [1.54, 1.807) is 33.5 Å². The van der Waals surface area contributed by atoms with Gasteiger partial charge in [-0.25, -0.2) is 4.98 Å². The highest BCUT2D eigenvalue weighted by Crippen LogP contribution is 2.38. The van der Waals surface area contributed by atoms with Gasteiger partial charge in [-0.1, -0.05) is 18.2 Å². The minimum Gasteiger partial charge on any atom is -0.493 e. The van der Waals surface area contributed by atoms with Crippen molar-refractivity contribution >= 4 is 33.3 Å². The predicted molar refractivity (Wildman–Crippen MR) is 123 cm³/mol. The molecule has 8 heteroatoms. The fourth-order valence-electron chi connectivity index (χ4n) is 3.64. The largest absolute Gasteiger partial charge is 0.493 e. The number of rotatable bonds is 7. The molecule has 0 aliphatic rings. The summed E-state index contributed by atoms with van der Waals surface area (Å²) in [5, 5.41) is 6.51. The molecule has 2 N–H and O–H groups in total. The lowest BCUT2D eigenvalue weighted by Gasteiger charge is -2.13. The molecule has 0 aliphatic heterocycles. The maximum atomic E-state index is 12.6. The third-order valence-electron chi connectivity index (χ3n) is 4.99. The molecule has 0 aliphatic carbocycles. The van der Waals surface area contributed by atoms with Crippen molar-refractivity contribution in [2.24, 2.45) is 0 Å². The summed E-state index contributed by atoms with van der Waals surface area (Å²) in [6, 6.07) is 11.6. The minimum atomic E-state index is -0.175. The molecule has 4 rings (SSSR count). The summed E-state index contributed by atoms with van der Waals surface area (Å²) in [5.41, 5.74) is 4.74. The fourth-order valence-corrected chi connectivity index (χ4v) is 4.36. The summed E-state index contributed by atoms with van der Waals surface area (Å²) in [6.45, 7) is 2.03. The number of nitrogens with one attached hydrogen (secondary N) is 2. The zero-order valence-electron chi connectivity index (χ0n) is 17.7. The molecule has 31 heavy (non-hydrogen) atoms. The Morgan fingerprint density at radius 3 is 2.48 bits per heavy atom. The molecule has 0 unspecified atom stereocenters. The number of carbonyl (C=O) groups is 1. The van der Waals surface area contributed by atoms with Crippen LogP contribution >= 0.6 is 11.3 Å². The normalized spacial score (nSPS) is 10.8. The number of aryl methyl sites for hydroxylation is 1. The van der Waals surface area contributed by atoms with Gasteiger partial charge in [0.15, 0.2) is 16.6 Å². The zero-order chi connectivity index (χ0) is 22.0. The number of thiazole rings is 1. The Morgan fingerprint density at radius 1 is 1.10 bits per heavy atom. The number of aromatic nitrogens is 2. The lowest BCUT2D eigenvalue weighted by atomic mass is 10.1. The molecule has 160 valence electrons. The molecule has 1 amide bonds. The first-order chi connectivity index (χ1) is 15.0. The number of fused-ring (bicyclic) bond motifs is 1. The number of amides is 1. The first-order valence-corrected chi connectivity index (χ1v) is 10.5. The predicted octanol–water partition coefficient (Wildman–Crippen LogP) is 4.81. The Labute approximate surface area is 184 Å². The van der Waals surface area contributed by atoms with E-state index in [1.807, 2.05) is 30.5 Å². The number of hydrogen-bond acceptors (Lipinski definition) is 6. The summed E-state index contributed by atoms with van der Waals surface area (Å²) in [6.07, 6.45) is 0.151.